The van der Waals surface area contributed by atoms with Crippen LogP contribution in [0.3, 0.4) is 0 Å². The van der Waals surface area contributed by atoms with Crippen molar-refractivity contribution in [1.29, 1.82) is 0 Å². The van der Waals surface area contributed by atoms with Crippen molar-refractivity contribution < 1.29 is 9.47 Å². The Balaban J connectivity index is 3.35. The fourth-order valence-electron chi connectivity index (χ4n) is 1.64. The minimum absolute atomic E-state index is 0.0135. The van der Waals surface area contributed by atoms with Gasteiger partial charge in [0.25, 0.3) is 0 Å². The van der Waals surface area contributed by atoms with Crippen molar-refractivity contribution in [2.75, 3.05) is 17.6 Å². The van der Waals surface area contributed by atoms with E-state index in [0.717, 1.165) is 19.6 Å². The van der Waals surface area contributed by atoms with Gasteiger partial charge >= 0.3 is 0 Å². The van der Waals surface area contributed by atoms with Gasteiger partial charge in [-0.1, -0.05) is 41.2 Å². The summed E-state index contributed by atoms with van der Waals surface area (Å²) in [5.74, 6) is 0. The minimum atomic E-state index is 0.0135. The Morgan fingerprint density at radius 3 is 2.18 bits per heavy atom. The van der Waals surface area contributed by atoms with Crippen LogP contribution in [0.2, 0.25) is 0 Å². The Labute approximate surface area is 120 Å². The first-order chi connectivity index (χ1) is 8.35. The SMILES string of the molecule is CCOC(CCCCC/C=C/CCI)OCC. The standard InChI is InChI=1S/C14H27IO2/c1-3-16-14(17-4-2)12-10-8-6-5-7-9-11-13-15/h7,9,14H,3-6,8,10-13H2,1-2H3/b9-7+. The summed E-state index contributed by atoms with van der Waals surface area (Å²) in [4.78, 5) is 0. The Morgan fingerprint density at radius 2 is 1.59 bits per heavy atom. The molecule has 0 heterocycles. The van der Waals surface area contributed by atoms with E-state index in [4.69, 9.17) is 9.47 Å². The Kier molecular flexibility index (Phi) is 14.8. The quantitative estimate of drug-likeness (QED) is 0.166. The highest BCUT2D eigenvalue weighted by atomic mass is 127. The first-order valence-corrected chi connectivity index (χ1v) is 8.31. The van der Waals surface area contributed by atoms with Crippen LogP contribution in [-0.4, -0.2) is 23.9 Å². The minimum Gasteiger partial charge on any atom is -0.353 e. The van der Waals surface area contributed by atoms with Crippen molar-refractivity contribution in [3.8, 4) is 0 Å². The average Bonchev–Trinajstić information content (AvgIpc) is 2.33. The molecule has 0 fully saturated rings. The molecule has 0 saturated heterocycles. The maximum Gasteiger partial charge on any atom is 0.157 e. The molecule has 0 saturated carbocycles. The number of allylic oxidation sites excluding steroid dienone is 2. The van der Waals surface area contributed by atoms with E-state index >= 15 is 0 Å². The molecule has 0 radical (unpaired) electrons. The molecule has 3 heteroatoms. The van der Waals surface area contributed by atoms with Crippen LogP contribution in [0, 0.1) is 0 Å². The van der Waals surface area contributed by atoms with E-state index in [9.17, 15) is 0 Å². The van der Waals surface area contributed by atoms with E-state index in [2.05, 4.69) is 34.7 Å². The zero-order valence-corrected chi connectivity index (χ0v) is 13.4. The molecule has 0 unspecified atom stereocenters. The zero-order valence-electron chi connectivity index (χ0n) is 11.3. The molecule has 0 aromatic rings. The molecule has 0 aliphatic rings. The van der Waals surface area contributed by atoms with Gasteiger partial charge in [-0.3, -0.25) is 0 Å². The maximum absolute atomic E-state index is 5.50. The van der Waals surface area contributed by atoms with Crippen molar-refractivity contribution in [1.82, 2.24) is 0 Å². The summed E-state index contributed by atoms with van der Waals surface area (Å²) in [6.45, 7) is 5.52. The fourth-order valence-corrected chi connectivity index (χ4v) is 1.99. The number of hydrogen-bond donors (Lipinski definition) is 0. The van der Waals surface area contributed by atoms with Crippen LogP contribution in [0.5, 0.6) is 0 Å². The summed E-state index contributed by atoms with van der Waals surface area (Å²) in [7, 11) is 0. The van der Waals surface area contributed by atoms with Crippen LogP contribution in [0.1, 0.15) is 52.4 Å². The topological polar surface area (TPSA) is 18.5 Å². The second kappa shape index (κ2) is 14.5. The molecule has 0 spiro atoms. The molecule has 0 aliphatic heterocycles. The van der Waals surface area contributed by atoms with Crippen molar-refractivity contribution in [3.05, 3.63) is 12.2 Å². The predicted octanol–water partition coefficient (Wildman–Crippen LogP) is 4.72. The van der Waals surface area contributed by atoms with Crippen LogP contribution in [0.4, 0.5) is 0 Å². The van der Waals surface area contributed by atoms with E-state index in [0.29, 0.717) is 0 Å². The molecule has 0 aliphatic carbocycles. The van der Waals surface area contributed by atoms with Gasteiger partial charge in [0.05, 0.1) is 0 Å². The molecular formula is C14H27IO2. The van der Waals surface area contributed by atoms with Gasteiger partial charge in [-0.2, -0.15) is 0 Å². The van der Waals surface area contributed by atoms with Crippen molar-refractivity contribution in [3.63, 3.8) is 0 Å². The van der Waals surface area contributed by atoms with E-state index in [-0.39, 0.29) is 6.29 Å². The number of hydrogen-bond acceptors (Lipinski definition) is 2. The number of ether oxygens (including phenoxy) is 2. The van der Waals surface area contributed by atoms with Crippen LogP contribution in [0.15, 0.2) is 12.2 Å². The third-order valence-electron chi connectivity index (χ3n) is 2.46. The van der Waals surface area contributed by atoms with Crippen LogP contribution in [-0.2, 0) is 9.47 Å². The van der Waals surface area contributed by atoms with Crippen LogP contribution >= 0.6 is 22.6 Å². The largest absolute Gasteiger partial charge is 0.353 e. The molecule has 0 aromatic carbocycles. The second-order valence-electron chi connectivity index (χ2n) is 3.93. The summed E-state index contributed by atoms with van der Waals surface area (Å²) in [5.41, 5.74) is 0. The van der Waals surface area contributed by atoms with E-state index in [1.54, 1.807) is 0 Å². The van der Waals surface area contributed by atoms with Gasteiger partial charge in [0.1, 0.15) is 0 Å². The van der Waals surface area contributed by atoms with Gasteiger partial charge in [0.2, 0.25) is 0 Å². The van der Waals surface area contributed by atoms with Gasteiger partial charge in [-0.25, -0.2) is 0 Å². The maximum atomic E-state index is 5.50. The smallest absolute Gasteiger partial charge is 0.157 e. The van der Waals surface area contributed by atoms with Gasteiger partial charge in [-0.05, 0) is 46.0 Å². The predicted molar refractivity (Wildman–Crippen MR) is 82.8 cm³/mol. The third-order valence-corrected chi connectivity index (χ3v) is 3.08. The number of alkyl halides is 1. The molecule has 0 amide bonds. The lowest BCUT2D eigenvalue weighted by Gasteiger charge is -2.16. The van der Waals surface area contributed by atoms with E-state index in [1.165, 1.54) is 36.5 Å². The Morgan fingerprint density at radius 1 is 0.941 bits per heavy atom. The molecule has 2 nitrogen and oxygen atoms in total. The van der Waals surface area contributed by atoms with Gasteiger partial charge in [0.15, 0.2) is 6.29 Å². The number of unbranched alkanes of at least 4 members (excludes halogenated alkanes) is 3. The number of rotatable bonds is 12. The van der Waals surface area contributed by atoms with Crippen molar-refractivity contribution in [2.24, 2.45) is 0 Å². The van der Waals surface area contributed by atoms with E-state index in [1.807, 2.05) is 13.8 Å². The number of halogens is 1. The highest BCUT2D eigenvalue weighted by Crippen LogP contribution is 2.10. The molecule has 0 bridgehead atoms. The van der Waals surface area contributed by atoms with Gasteiger partial charge in [0, 0.05) is 17.6 Å². The molecule has 0 atom stereocenters. The second-order valence-corrected chi connectivity index (χ2v) is 5.01. The van der Waals surface area contributed by atoms with E-state index < -0.39 is 0 Å². The summed E-state index contributed by atoms with van der Waals surface area (Å²) in [5, 5.41) is 0. The summed E-state index contributed by atoms with van der Waals surface area (Å²) < 4.78 is 12.2. The normalized spacial score (nSPS) is 11.8. The van der Waals surface area contributed by atoms with Gasteiger partial charge in [-0.15, -0.1) is 0 Å². The fraction of sp³-hybridized carbons (Fsp3) is 0.857. The third kappa shape index (κ3) is 12.6. The molecule has 0 N–H and O–H groups in total. The van der Waals surface area contributed by atoms with Crippen molar-refractivity contribution >= 4 is 22.6 Å². The summed E-state index contributed by atoms with van der Waals surface area (Å²) in [6.07, 6.45) is 11.8. The summed E-state index contributed by atoms with van der Waals surface area (Å²) >= 11 is 2.41. The molecule has 0 rings (SSSR count). The average molecular weight is 354 g/mol. The first-order valence-electron chi connectivity index (χ1n) is 6.79. The Bertz CT molecular complexity index is 166. The molecule has 17 heavy (non-hydrogen) atoms. The molecule has 0 aromatic heterocycles. The first kappa shape index (κ1) is 17.4. The van der Waals surface area contributed by atoms with Gasteiger partial charge < -0.3 is 9.47 Å². The summed E-state index contributed by atoms with van der Waals surface area (Å²) in [6, 6.07) is 0. The highest BCUT2D eigenvalue weighted by Gasteiger charge is 2.06. The lowest BCUT2D eigenvalue weighted by atomic mass is 10.1. The Hall–Kier alpha value is 0.390. The van der Waals surface area contributed by atoms with Crippen LogP contribution < -0.4 is 0 Å². The highest BCUT2D eigenvalue weighted by molar-refractivity contribution is 14.1. The molecule has 102 valence electrons. The monoisotopic (exact) mass is 354 g/mol. The zero-order chi connectivity index (χ0) is 12.8. The molecular weight excluding hydrogens is 327 g/mol. The van der Waals surface area contributed by atoms with Crippen LogP contribution in [0.25, 0.3) is 0 Å². The van der Waals surface area contributed by atoms with Crippen molar-refractivity contribution in [2.45, 2.75) is 58.7 Å². The lowest BCUT2D eigenvalue weighted by molar-refractivity contribution is -0.140. The lowest BCUT2D eigenvalue weighted by Crippen LogP contribution is -2.17.